The minimum atomic E-state index is -0.439. The Morgan fingerprint density at radius 2 is 2.17 bits per heavy atom. The van der Waals surface area contributed by atoms with E-state index in [1.165, 1.54) is 0 Å². The largest absolute Gasteiger partial charge is 0.373 e. The normalized spacial score (nSPS) is 12.0. The predicted octanol–water partition coefficient (Wildman–Crippen LogP) is 2.03. The first-order chi connectivity index (χ1) is 11.6. The van der Waals surface area contributed by atoms with Crippen molar-refractivity contribution >= 4 is 5.91 Å². The molecule has 24 heavy (non-hydrogen) atoms. The van der Waals surface area contributed by atoms with E-state index in [0.717, 1.165) is 17.5 Å². The molecular formula is C17H18N4O3. The first kappa shape index (κ1) is 15.8. The van der Waals surface area contributed by atoms with Crippen LogP contribution in [0.3, 0.4) is 0 Å². The van der Waals surface area contributed by atoms with Gasteiger partial charge in [-0.2, -0.15) is 5.16 Å². The first-order valence-corrected chi connectivity index (χ1v) is 7.65. The number of H-pyrrole nitrogens is 1. The number of nitrogens with one attached hydrogen (secondary N) is 2. The molecule has 124 valence electrons. The minimum Gasteiger partial charge on any atom is -0.373 e. The number of rotatable bonds is 6. The lowest BCUT2D eigenvalue weighted by Gasteiger charge is -2.19. The van der Waals surface area contributed by atoms with Crippen molar-refractivity contribution in [1.82, 2.24) is 20.0 Å². The van der Waals surface area contributed by atoms with E-state index in [1.807, 2.05) is 48.0 Å². The summed E-state index contributed by atoms with van der Waals surface area (Å²) in [7, 11) is 0. The third-order valence-corrected chi connectivity index (χ3v) is 3.84. The van der Waals surface area contributed by atoms with Gasteiger partial charge in [-0.1, -0.05) is 30.3 Å². The lowest BCUT2D eigenvalue weighted by molar-refractivity contribution is 0.0896. The maximum absolute atomic E-state index is 12.3. The Hall–Kier alpha value is -3.09. The van der Waals surface area contributed by atoms with Crippen LogP contribution >= 0.6 is 0 Å². The van der Waals surface area contributed by atoms with Crippen LogP contribution in [0.4, 0.5) is 0 Å². The molecule has 0 unspecified atom stereocenters. The smallest absolute Gasteiger partial charge is 0.290 e. The van der Waals surface area contributed by atoms with Gasteiger partial charge < -0.3 is 14.4 Å². The van der Waals surface area contributed by atoms with Crippen molar-refractivity contribution in [2.24, 2.45) is 0 Å². The number of carbonyl (C=O) groups is 1. The van der Waals surface area contributed by atoms with Crippen molar-refractivity contribution in [3.8, 4) is 0 Å². The summed E-state index contributed by atoms with van der Waals surface area (Å²) >= 11 is 0. The summed E-state index contributed by atoms with van der Waals surface area (Å²) in [5, 5.41) is 5.04. The van der Waals surface area contributed by atoms with E-state index >= 15 is 0 Å². The van der Waals surface area contributed by atoms with Gasteiger partial charge >= 0.3 is 0 Å². The maximum Gasteiger partial charge on any atom is 0.290 e. The fourth-order valence-electron chi connectivity index (χ4n) is 2.54. The highest BCUT2D eigenvalue weighted by atomic mass is 16.5. The Morgan fingerprint density at radius 3 is 2.79 bits per heavy atom. The van der Waals surface area contributed by atoms with Gasteiger partial charge in [-0.05, 0) is 18.9 Å². The van der Waals surface area contributed by atoms with Gasteiger partial charge in [0.15, 0.2) is 0 Å². The number of aromatic nitrogens is 3. The number of aromatic amines is 1. The number of amides is 1. The van der Waals surface area contributed by atoms with E-state index in [2.05, 4.69) is 15.5 Å². The van der Waals surface area contributed by atoms with Gasteiger partial charge in [-0.3, -0.25) is 9.59 Å². The lowest BCUT2D eigenvalue weighted by Crippen LogP contribution is -2.29. The highest BCUT2D eigenvalue weighted by Gasteiger charge is 2.18. The van der Waals surface area contributed by atoms with Crippen molar-refractivity contribution in [3.63, 3.8) is 0 Å². The van der Waals surface area contributed by atoms with E-state index in [1.54, 1.807) is 6.20 Å². The second kappa shape index (κ2) is 6.99. The second-order valence-corrected chi connectivity index (χ2v) is 5.47. The van der Waals surface area contributed by atoms with Crippen LogP contribution in [0, 0.1) is 6.92 Å². The SMILES string of the molecule is Cc1nccn1CC[C@@H](NC(=O)c1cc(=O)[nH]o1)c1ccccc1. The van der Waals surface area contributed by atoms with Crippen LogP contribution in [0.15, 0.2) is 58.1 Å². The van der Waals surface area contributed by atoms with Gasteiger partial charge in [0.2, 0.25) is 5.76 Å². The summed E-state index contributed by atoms with van der Waals surface area (Å²) in [6, 6.07) is 10.6. The van der Waals surface area contributed by atoms with Crippen LogP contribution in [0.25, 0.3) is 0 Å². The lowest BCUT2D eigenvalue weighted by atomic mass is 10.0. The molecule has 0 aliphatic rings. The molecule has 2 heterocycles. The van der Waals surface area contributed by atoms with E-state index in [0.29, 0.717) is 13.0 Å². The molecule has 0 fully saturated rings. The van der Waals surface area contributed by atoms with Crippen LogP contribution in [0.5, 0.6) is 0 Å². The summed E-state index contributed by atoms with van der Waals surface area (Å²) in [5.74, 6) is 0.467. The zero-order valence-electron chi connectivity index (χ0n) is 13.2. The topological polar surface area (TPSA) is 92.9 Å². The molecule has 0 aliphatic heterocycles. The minimum absolute atomic E-state index is 0.0280. The molecule has 7 heteroatoms. The highest BCUT2D eigenvalue weighted by molar-refractivity contribution is 5.91. The van der Waals surface area contributed by atoms with Crippen LogP contribution in [-0.2, 0) is 6.54 Å². The Balaban J connectivity index is 1.76. The quantitative estimate of drug-likeness (QED) is 0.725. The van der Waals surface area contributed by atoms with Gasteiger partial charge in [-0.15, -0.1) is 0 Å². The van der Waals surface area contributed by atoms with E-state index in [9.17, 15) is 9.59 Å². The second-order valence-electron chi connectivity index (χ2n) is 5.47. The molecule has 1 atom stereocenters. The van der Waals surface area contributed by atoms with Gasteiger partial charge in [0, 0.05) is 18.9 Å². The van der Waals surface area contributed by atoms with Crippen LogP contribution in [0.2, 0.25) is 0 Å². The number of hydrogen-bond donors (Lipinski definition) is 2. The van der Waals surface area contributed by atoms with Crippen molar-refractivity contribution < 1.29 is 9.32 Å². The molecule has 0 radical (unpaired) electrons. The number of nitrogens with zero attached hydrogens (tertiary/aromatic N) is 2. The Kier molecular flexibility index (Phi) is 4.60. The molecule has 0 saturated heterocycles. The van der Waals surface area contributed by atoms with E-state index in [4.69, 9.17) is 4.52 Å². The predicted molar refractivity (Wildman–Crippen MR) is 87.6 cm³/mol. The average Bonchev–Trinajstić information content (AvgIpc) is 3.20. The van der Waals surface area contributed by atoms with Gasteiger partial charge in [0.1, 0.15) is 5.82 Å². The third kappa shape index (κ3) is 3.62. The summed E-state index contributed by atoms with van der Waals surface area (Å²) in [6.07, 6.45) is 4.34. The molecule has 1 aromatic carbocycles. The number of aryl methyl sites for hydroxylation is 2. The van der Waals surface area contributed by atoms with Crippen molar-refractivity contribution in [1.29, 1.82) is 0 Å². The number of benzene rings is 1. The molecule has 1 amide bonds. The molecule has 0 saturated carbocycles. The summed E-state index contributed by atoms with van der Waals surface area (Å²) in [4.78, 5) is 27.6. The molecule has 0 aliphatic carbocycles. The van der Waals surface area contributed by atoms with Crippen molar-refractivity contribution in [2.75, 3.05) is 0 Å². The maximum atomic E-state index is 12.3. The zero-order valence-corrected chi connectivity index (χ0v) is 13.2. The average molecular weight is 326 g/mol. The standard InChI is InChI=1S/C17H18N4O3/c1-12-18-8-10-21(12)9-7-14(13-5-3-2-4-6-13)19-17(23)15-11-16(22)20-24-15/h2-6,8,10-11,14H,7,9H2,1H3,(H,19,23)(H,20,22)/t14-/m1/s1. The zero-order chi connectivity index (χ0) is 16.9. The Bertz CT molecular complexity index is 863. The van der Waals surface area contributed by atoms with E-state index in [-0.39, 0.29) is 11.8 Å². The molecular weight excluding hydrogens is 308 g/mol. The fraction of sp³-hybridized carbons (Fsp3) is 0.235. The van der Waals surface area contributed by atoms with Gasteiger partial charge in [-0.25, -0.2) is 4.98 Å². The molecule has 0 spiro atoms. The Morgan fingerprint density at radius 1 is 1.38 bits per heavy atom. The van der Waals surface area contributed by atoms with E-state index < -0.39 is 11.5 Å². The molecule has 3 aromatic rings. The molecule has 2 aromatic heterocycles. The van der Waals surface area contributed by atoms with Crippen molar-refractivity contribution in [3.05, 3.63) is 76.3 Å². The molecule has 7 nitrogen and oxygen atoms in total. The van der Waals surface area contributed by atoms with Crippen LogP contribution in [0.1, 0.15) is 34.4 Å². The molecule has 2 N–H and O–H groups in total. The summed E-state index contributed by atoms with van der Waals surface area (Å²) < 4.78 is 6.89. The molecule has 3 rings (SSSR count). The number of hydrogen-bond acceptors (Lipinski definition) is 4. The van der Waals surface area contributed by atoms with Crippen LogP contribution < -0.4 is 10.9 Å². The van der Waals surface area contributed by atoms with Gasteiger partial charge in [0.25, 0.3) is 11.5 Å². The van der Waals surface area contributed by atoms with Crippen molar-refractivity contribution in [2.45, 2.75) is 25.9 Å². The summed E-state index contributed by atoms with van der Waals surface area (Å²) in [5.41, 5.74) is 0.548. The first-order valence-electron chi connectivity index (χ1n) is 7.65. The Labute approximate surface area is 138 Å². The highest BCUT2D eigenvalue weighted by Crippen LogP contribution is 2.18. The summed E-state index contributed by atoms with van der Waals surface area (Å²) in [6.45, 7) is 2.65. The fourth-order valence-corrected chi connectivity index (χ4v) is 2.54. The third-order valence-electron chi connectivity index (χ3n) is 3.84. The monoisotopic (exact) mass is 326 g/mol. The van der Waals surface area contributed by atoms with Crippen LogP contribution in [-0.4, -0.2) is 20.6 Å². The molecule has 0 bridgehead atoms. The number of carbonyl (C=O) groups excluding carboxylic acids is 1. The van der Waals surface area contributed by atoms with Gasteiger partial charge in [0.05, 0.1) is 12.1 Å². The number of imidazole rings is 1.